The number of hydrogen-bond donors (Lipinski definition) is 0. The smallest absolute Gasteiger partial charge is 0.262 e. The zero-order valence-corrected chi connectivity index (χ0v) is 20.2. The van der Waals surface area contributed by atoms with Gasteiger partial charge in [-0.2, -0.15) is 5.26 Å². The maximum absolute atomic E-state index is 13.1. The molecular formula is C24H25ClN4O3S. The van der Waals surface area contributed by atoms with Gasteiger partial charge >= 0.3 is 0 Å². The quantitative estimate of drug-likeness (QED) is 0.300. The largest absolute Gasteiger partial charge is 0.494 e. The van der Waals surface area contributed by atoms with Gasteiger partial charge in [-0.3, -0.25) is 14.2 Å². The average Bonchev–Trinajstić information content (AvgIpc) is 2.81. The van der Waals surface area contributed by atoms with Crippen LogP contribution in [0.3, 0.4) is 0 Å². The van der Waals surface area contributed by atoms with Gasteiger partial charge < -0.3 is 9.64 Å². The lowest BCUT2D eigenvalue weighted by atomic mass is 10.2. The minimum absolute atomic E-state index is 0.0703. The van der Waals surface area contributed by atoms with E-state index in [1.807, 2.05) is 13.8 Å². The van der Waals surface area contributed by atoms with Crippen LogP contribution in [-0.2, 0) is 11.3 Å². The van der Waals surface area contributed by atoms with Crippen LogP contribution in [0.4, 0.5) is 5.69 Å². The Morgan fingerprint density at radius 1 is 1.24 bits per heavy atom. The summed E-state index contributed by atoms with van der Waals surface area (Å²) in [6.07, 6.45) is 0.958. The highest BCUT2D eigenvalue weighted by Gasteiger charge is 2.19. The Morgan fingerprint density at radius 3 is 2.67 bits per heavy atom. The van der Waals surface area contributed by atoms with Crippen LogP contribution < -0.4 is 15.2 Å². The maximum Gasteiger partial charge on any atom is 0.262 e. The number of benzene rings is 2. The second-order valence-corrected chi connectivity index (χ2v) is 8.56. The molecule has 0 saturated carbocycles. The number of aromatic nitrogens is 2. The standard InChI is InChI=1S/C24H25ClN4O3S/c1-3-13-29-23(31)20-11-6-17(25)15-21(20)27-24(29)33-16-22(30)28(14-5-12-26)18-7-9-19(10-8-18)32-4-2/h6-11,15H,3-5,13-14,16H2,1-2H3. The predicted molar refractivity (Wildman–Crippen MR) is 132 cm³/mol. The van der Waals surface area contributed by atoms with Crippen molar-refractivity contribution >= 4 is 45.9 Å². The number of thioether (sulfide) groups is 1. The highest BCUT2D eigenvalue weighted by molar-refractivity contribution is 7.99. The molecule has 0 aliphatic heterocycles. The topological polar surface area (TPSA) is 88.2 Å². The summed E-state index contributed by atoms with van der Waals surface area (Å²) in [5.41, 5.74) is 1.03. The maximum atomic E-state index is 13.1. The minimum atomic E-state index is -0.178. The number of fused-ring (bicyclic) bond motifs is 1. The third kappa shape index (κ3) is 6.06. The van der Waals surface area contributed by atoms with Crippen LogP contribution in [0.1, 0.15) is 26.7 Å². The summed E-state index contributed by atoms with van der Waals surface area (Å²) in [7, 11) is 0. The van der Waals surface area contributed by atoms with Crippen LogP contribution in [0.25, 0.3) is 10.9 Å². The lowest BCUT2D eigenvalue weighted by Gasteiger charge is -2.22. The number of ether oxygens (including phenoxy) is 1. The minimum Gasteiger partial charge on any atom is -0.494 e. The second-order valence-electron chi connectivity index (χ2n) is 7.18. The SMILES string of the molecule is CCCn1c(SCC(=O)N(CCC#N)c2ccc(OCC)cc2)nc2cc(Cl)ccc2c1=O. The molecule has 0 aliphatic carbocycles. The van der Waals surface area contributed by atoms with E-state index >= 15 is 0 Å². The Kier molecular flexibility index (Phi) is 8.75. The van der Waals surface area contributed by atoms with Gasteiger partial charge in [0.1, 0.15) is 5.75 Å². The summed E-state index contributed by atoms with van der Waals surface area (Å²) in [6.45, 7) is 5.20. The van der Waals surface area contributed by atoms with Gasteiger partial charge in [0, 0.05) is 23.8 Å². The van der Waals surface area contributed by atoms with Crippen molar-refractivity contribution in [2.75, 3.05) is 23.8 Å². The summed E-state index contributed by atoms with van der Waals surface area (Å²) >= 11 is 7.30. The fourth-order valence-electron chi connectivity index (χ4n) is 3.36. The number of carbonyl (C=O) groups is 1. The van der Waals surface area contributed by atoms with E-state index in [4.69, 9.17) is 21.6 Å². The van der Waals surface area contributed by atoms with Crippen molar-refractivity contribution in [3.05, 3.63) is 57.8 Å². The average molecular weight is 485 g/mol. The van der Waals surface area contributed by atoms with Crippen molar-refractivity contribution in [2.24, 2.45) is 0 Å². The van der Waals surface area contributed by atoms with Crippen molar-refractivity contribution in [3.8, 4) is 11.8 Å². The zero-order chi connectivity index (χ0) is 23.8. The van der Waals surface area contributed by atoms with Crippen LogP contribution >= 0.6 is 23.4 Å². The number of halogens is 1. The molecule has 0 spiro atoms. The molecule has 9 heteroatoms. The molecule has 1 amide bonds. The number of hydrogen-bond acceptors (Lipinski definition) is 6. The molecule has 0 unspecified atom stereocenters. The highest BCUT2D eigenvalue weighted by Crippen LogP contribution is 2.24. The summed E-state index contributed by atoms with van der Waals surface area (Å²) in [6, 6.07) is 14.3. The van der Waals surface area contributed by atoms with E-state index < -0.39 is 0 Å². The molecule has 1 heterocycles. The highest BCUT2D eigenvalue weighted by atomic mass is 35.5. The molecule has 0 N–H and O–H groups in total. The van der Waals surface area contributed by atoms with Crippen LogP contribution in [0, 0.1) is 11.3 Å². The number of anilines is 1. The molecule has 0 atom stereocenters. The van der Waals surface area contributed by atoms with Crippen molar-refractivity contribution in [2.45, 2.75) is 38.4 Å². The van der Waals surface area contributed by atoms with Gasteiger partial charge in [-0.15, -0.1) is 0 Å². The fraction of sp³-hybridized carbons (Fsp3) is 0.333. The first-order chi connectivity index (χ1) is 16.0. The molecular weight excluding hydrogens is 460 g/mol. The third-order valence-corrected chi connectivity index (χ3v) is 6.06. The van der Waals surface area contributed by atoms with E-state index in [1.54, 1.807) is 51.9 Å². The molecule has 7 nitrogen and oxygen atoms in total. The van der Waals surface area contributed by atoms with Crippen LogP contribution in [0.2, 0.25) is 5.02 Å². The molecule has 0 bridgehead atoms. The Bertz CT molecular complexity index is 1220. The van der Waals surface area contributed by atoms with Crippen molar-refractivity contribution in [1.29, 1.82) is 5.26 Å². The molecule has 3 rings (SSSR count). The summed E-state index contributed by atoms with van der Waals surface area (Å²) in [5, 5.41) is 10.5. The third-order valence-electron chi connectivity index (χ3n) is 4.86. The Hall–Kier alpha value is -3.02. The number of nitrogens with zero attached hydrogens (tertiary/aromatic N) is 4. The molecule has 172 valence electrons. The molecule has 33 heavy (non-hydrogen) atoms. The van der Waals surface area contributed by atoms with E-state index in [0.29, 0.717) is 45.7 Å². The van der Waals surface area contributed by atoms with Crippen molar-refractivity contribution < 1.29 is 9.53 Å². The van der Waals surface area contributed by atoms with Crippen molar-refractivity contribution in [3.63, 3.8) is 0 Å². The number of rotatable bonds is 10. The predicted octanol–water partition coefficient (Wildman–Crippen LogP) is 4.90. The Morgan fingerprint density at radius 2 is 2.00 bits per heavy atom. The van der Waals surface area contributed by atoms with Crippen LogP contribution in [0.5, 0.6) is 5.75 Å². The summed E-state index contributed by atoms with van der Waals surface area (Å²) < 4.78 is 7.07. The van der Waals surface area contributed by atoms with E-state index in [2.05, 4.69) is 11.1 Å². The van der Waals surface area contributed by atoms with Gasteiger partial charge in [0.15, 0.2) is 5.16 Å². The lowest BCUT2D eigenvalue weighted by Crippen LogP contribution is -2.33. The summed E-state index contributed by atoms with van der Waals surface area (Å²) in [5.74, 6) is 0.606. The first-order valence-corrected chi connectivity index (χ1v) is 12.1. The van der Waals surface area contributed by atoms with Gasteiger partial charge in [0.2, 0.25) is 5.91 Å². The number of amides is 1. The van der Waals surface area contributed by atoms with Crippen molar-refractivity contribution in [1.82, 2.24) is 9.55 Å². The second kappa shape index (κ2) is 11.7. The van der Waals surface area contributed by atoms with Crippen LogP contribution in [0.15, 0.2) is 52.4 Å². The normalized spacial score (nSPS) is 10.7. The molecule has 1 aromatic heterocycles. The van der Waals surface area contributed by atoms with Gasteiger partial charge in [-0.1, -0.05) is 30.3 Å². The first-order valence-electron chi connectivity index (χ1n) is 10.7. The molecule has 0 aliphatic rings. The molecule has 0 fully saturated rings. The lowest BCUT2D eigenvalue weighted by molar-refractivity contribution is -0.116. The van der Waals surface area contributed by atoms with Gasteiger partial charge in [0.05, 0.1) is 35.8 Å². The van der Waals surface area contributed by atoms with Crippen LogP contribution in [-0.4, -0.2) is 34.4 Å². The van der Waals surface area contributed by atoms with E-state index in [0.717, 1.165) is 6.42 Å². The van der Waals surface area contributed by atoms with Gasteiger partial charge in [0.25, 0.3) is 5.56 Å². The molecule has 0 saturated heterocycles. The Balaban J connectivity index is 1.86. The molecule has 2 aromatic carbocycles. The number of carbonyl (C=O) groups excluding carboxylic acids is 1. The van der Waals surface area contributed by atoms with Gasteiger partial charge in [-0.05, 0) is 55.8 Å². The first kappa shape index (κ1) is 24.6. The molecule has 0 radical (unpaired) electrons. The summed E-state index contributed by atoms with van der Waals surface area (Å²) in [4.78, 5) is 32.3. The van der Waals surface area contributed by atoms with E-state index in [9.17, 15) is 9.59 Å². The monoisotopic (exact) mass is 484 g/mol. The zero-order valence-electron chi connectivity index (χ0n) is 18.6. The van der Waals surface area contributed by atoms with E-state index in [-0.39, 0.29) is 30.2 Å². The Labute approximate surface area is 201 Å². The van der Waals surface area contributed by atoms with Gasteiger partial charge in [-0.25, -0.2) is 4.98 Å². The van der Waals surface area contributed by atoms with E-state index in [1.165, 1.54) is 11.8 Å². The number of nitriles is 1. The fourth-order valence-corrected chi connectivity index (χ4v) is 4.43. The molecule has 3 aromatic rings.